The molecule has 112 valence electrons. The molecule has 0 saturated heterocycles. The molecule has 0 spiro atoms. The predicted molar refractivity (Wildman–Crippen MR) is 74.2 cm³/mol. The minimum absolute atomic E-state index is 0.284. The number of aliphatic hydroxyl groups is 2. The van der Waals surface area contributed by atoms with Gasteiger partial charge >= 0.3 is 0 Å². The summed E-state index contributed by atoms with van der Waals surface area (Å²) < 4.78 is 10.2. The molecule has 0 aromatic heterocycles. The van der Waals surface area contributed by atoms with Crippen molar-refractivity contribution in [1.82, 2.24) is 5.32 Å². The van der Waals surface area contributed by atoms with Crippen LogP contribution in [0.5, 0.6) is 11.5 Å². The molecule has 0 heterocycles. The number of hydrogen-bond acceptors (Lipinski definition) is 5. The van der Waals surface area contributed by atoms with Gasteiger partial charge in [-0.1, -0.05) is 6.92 Å². The number of nitrogens with one attached hydrogen (secondary N) is 1. The molecule has 0 bridgehead atoms. The monoisotopic (exact) mass is 283 g/mol. The molecule has 1 amide bonds. The van der Waals surface area contributed by atoms with Gasteiger partial charge in [-0.3, -0.25) is 4.79 Å². The Labute approximate surface area is 118 Å². The Balaban J connectivity index is 3.07. The van der Waals surface area contributed by atoms with Gasteiger partial charge in [0.25, 0.3) is 5.91 Å². The molecule has 0 aliphatic heterocycles. The predicted octanol–water partition coefficient (Wildman–Crippen LogP) is 0.567. The minimum atomic E-state index is -1.05. The van der Waals surface area contributed by atoms with Crippen molar-refractivity contribution in [3.05, 3.63) is 23.8 Å². The summed E-state index contributed by atoms with van der Waals surface area (Å²) in [4.78, 5) is 12.3. The van der Waals surface area contributed by atoms with Crippen LogP contribution in [0.15, 0.2) is 18.2 Å². The summed E-state index contributed by atoms with van der Waals surface area (Å²) in [6.45, 7) is 1.07. The third-order valence-corrected chi connectivity index (χ3v) is 3.31. The number of hydrogen-bond donors (Lipinski definition) is 3. The lowest BCUT2D eigenvalue weighted by Crippen LogP contribution is -2.53. The molecule has 0 fully saturated rings. The lowest BCUT2D eigenvalue weighted by molar-refractivity contribution is 0.0650. The molecule has 0 aliphatic rings. The second kappa shape index (κ2) is 7.12. The number of carbonyl (C=O) groups excluding carboxylic acids is 1. The van der Waals surface area contributed by atoms with E-state index < -0.39 is 11.4 Å². The number of amides is 1. The van der Waals surface area contributed by atoms with Crippen LogP contribution < -0.4 is 14.8 Å². The lowest BCUT2D eigenvalue weighted by atomic mass is 9.97. The van der Waals surface area contributed by atoms with Crippen LogP contribution in [-0.4, -0.2) is 49.1 Å². The van der Waals surface area contributed by atoms with E-state index in [4.69, 9.17) is 9.47 Å². The van der Waals surface area contributed by atoms with Crippen molar-refractivity contribution in [2.24, 2.45) is 0 Å². The van der Waals surface area contributed by atoms with Crippen molar-refractivity contribution >= 4 is 5.91 Å². The number of benzene rings is 1. The minimum Gasteiger partial charge on any atom is -0.497 e. The molecule has 0 atom stereocenters. The van der Waals surface area contributed by atoms with Crippen molar-refractivity contribution in [3.8, 4) is 11.5 Å². The van der Waals surface area contributed by atoms with Gasteiger partial charge in [0.05, 0.1) is 38.5 Å². The van der Waals surface area contributed by atoms with E-state index in [9.17, 15) is 15.0 Å². The first-order valence-corrected chi connectivity index (χ1v) is 6.32. The van der Waals surface area contributed by atoms with E-state index in [1.165, 1.54) is 14.2 Å². The van der Waals surface area contributed by atoms with E-state index in [1.54, 1.807) is 25.1 Å². The summed E-state index contributed by atoms with van der Waals surface area (Å²) in [6, 6.07) is 4.85. The van der Waals surface area contributed by atoms with E-state index in [1.807, 2.05) is 0 Å². The van der Waals surface area contributed by atoms with Crippen LogP contribution in [-0.2, 0) is 0 Å². The fourth-order valence-corrected chi connectivity index (χ4v) is 1.74. The number of aliphatic hydroxyl groups excluding tert-OH is 2. The normalized spacial score (nSPS) is 11.1. The first-order chi connectivity index (χ1) is 9.55. The summed E-state index contributed by atoms with van der Waals surface area (Å²) in [7, 11) is 2.96. The highest BCUT2D eigenvalue weighted by Crippen LogP contribution is 2.24. The topological polar surface area (TPSA) is 88.0 Å². The molecule has 1 aromatic carbocycles. The van der Waals surface area contributed by atoms with E-state index in [0.717, 1.165) is 0 Å². The Morgan fingerprint density at radius 3 is 2.35 bits per heavy atom. The van der Waals surface area contributed by atoms with Crippen molar-refractivity contribution in [2.75, 3.05) is 27.4 Å². The third kappa shape index (κ3) is 3.40. The molecule has 3 N–H and O–H groups in total. The molecule has 6 nitrogen and oxygen atoms in total. The Morgan fingerprint density at radius 1 is 1.25 bits per heavy atom. The second-order valence-electron chi connectivity index (χ2n) is 4.47. The molecule has 0 radical (unpaired) electrons. The summed E-state index contributed by atoms with van der Waals surface area (Å²) in [5, 5.41) is 21.4. The standard InChI is InChI=1S/C14H21NO5/c1-4-14(8-16,9-17)15-13(18)11-7-10(19-2)5-6-12(11)20-3/h5-7,16-17H,4,8-9H2,1-3H3,(H,15,18). The second-order valence-corrected chi connectivity index (χ2v) is 4.47. The molecule has 20 heavy (non-hydrogen) atoms. The highest BCUT2D eigenvalue weighted by atomic mass is 16.5. The van der Waals surface area contributed by atoms with Crippen molar-refractivity contribution in [1.29, 1.82) is 0 Å². The Bertz CT molecular complexity index is 449. The highest BCUT2D eigenvalue weighted by molar-refractivity contribution is 5.97. The zero-order valence-corrected chi connectivity index (χ0v) is 12.0. The molecule has 0 saturated carbocycles. The molecular weight excluding hydrogens is 262 g/mol. The number of carbonyl (C=O) groups is 1. The third-order valence-electron chi connectivity index (χ3n) is 3.31. The van der Waals surface area contributed by atoms with Gasteiger partial charge in [-0.15, -0.1) is 0 Å². The summed E-state index contributed by atoms with van der Waals surface area (Å²) in [6.07, 6.45) is 0.401. The summed E-state index contributed by atoms with van der Waals surface area (Å²) in [5.41, 5.74) is -0.767. The first-order valence-electron chi connectivity index (χ1n) is 6.32. The van der Waals surface area contributed by atoms with Crippen LogP contribution in [0, 0.1) is 0 Å². The number of rotatable bonds is 7. The SMILES string of the molecule is CCC(CO)(CO)NC(=O)c1cc(OC)ccc1OC. The fraction of sp³-hybridized carbons (Fsp3) is 0.500. The van der Waals surface area contributed by atoms with E-state index >= 15 is 0 Å². The Morgan fingerprint density at radius 2 is 1.90 bits per heavy atom. The molecule has 0 aliphatic carbocycles. The Hall–Kier alpha value is -1.79. The van der Waals surface area contributed by atoms with Crippen LogP contribution in [0.25, 0.3) is 0 Å². The van der Waals surface area contributed by atoms with Gasteiger partial charge in [-0.25, -0.2) is 0 Å². The summed E-state index contributed by atoms with van der Waals surface area (Å²) in [5.74, 6) is 0.473. The molecular formula is C14H21NO5. The number of methoxy groups -OCH3 is 2. The maximum Gasteiger partial charge on any atom is 0.255 e. The molecule has 0 unspecified atom stereocenters. The fourth-order valence-electron chi connectivity index (χ4n) is 1.74. The van der Waals surface area contributed by atoms with Crippen LogP contribution in [0.4, 0.5) is 0 Å². The van der Waals surface area contributed by atoms with Gasteiger partial charge in [-0.05, 0) is 24.6 Å². The molecule has 6 heteroatoms. The quantitative estimate of drug-likeness (QED) is 0.681. The lowest BCUT2D eigenvalue weighted by Gasteiger charge is -2.30. The Kier molecular flexibility index (Phi) is 5.79. The van der Waals surface area contributed by atoms with Gasteiger partial charge in [0.15, 0.2) is 0 Å². The van der Waals surface area contributed by atoms with Gasteiger partial charge in [0, 0.05) is 0 Å². The van der Waals surface area contributed by atoms with Gasteiger partial charge in [-0.2, -0.15) is 0 Å². The zero-order valence-electron chi connectivity index (χ0n) is 12.0. The first kappa shape index (κ1) is 16.3. The maximum absolute atomic E-state index is 12.3. The smallest absolute Gasteiger partial charge is 0.255 e. The van der Waals surface area contributed by atoms with Crippen LogP contribution in [0.2, 0.25) is 0 Å². The van der Waals surface area contributed by atoms with Gasteiger partial charge < -0.3 is 25.0 Å². The highest BCUT2D eigenvalue weighted by Gasteiger charge is 2.30. The van der Waals surface area contributed by atoms with Crippen LogP contribution in [0.3, 0.4) is 0 Å². The summed E-state index contributed by atoms with van der Waals surface area (Å²) >= 11 is 0. The van der Waals surface area contributed by atoms with E-state index in [0.29, 0.717) is 17.9 Å². The molecule has 1 aromatic rings. The van der Waals surface area contributed by atoms with Crippen molar-refractivity contribution in [3.63, 3.8) is 0 Å². The van der Waals surface area contributed by atoms with Gasteiger partial charge in [0.2, 0.25) is 0 Å². The van der Waals surface area contributed by atoms with Crippen LogP contribution in [0.1, 0.15) is 23.7 Å². The van der Waals surface area contributed by atoms with E-state index in [-0.39, 0.29) is 18.8 Å². The largest absolute Gasteiger partial charge is 0.497 e. The average Bonchev–Trinajstić information content (AvgIpc) is 2.51. The molecule has 1 rings (SSSR count). The van der Waals surface area contributed by atoms with Crippen molar-refractivity contribution < 1.29 is 24.5 Å². The van der Waals surface area contributed by atoms with E-state index in [2.05, 4.69) is 5.32 Å². The number of ether oxygens (including phenoxy) is 2. The van der Waals surface area contributed by atoms with Crippen LogP contribution >= 0.6 is 0 Å². The zero-order chi connectivity index (χ0) is 15.2. The maximum atomic E-state index is 12.3. The van der Waals surface area contributed by atoms with Crippen molar-refractivity contribution in [2.45, 2.75) is 18.9 Å². The van der Waals surface area contributed by atoms with Gasteiger partial charge in [0.1, 0.15) is 11.5 Å². The average molecular weight is 283 g/mol.